The molecule has 4 aromatic rings. The predicted molar refractivity (Wildman–Crippen MR) is 213 cm³/mol. The number of carbonyl (C=O) groups is 2. The Kier molecular flexibility index (Phi) is 12.9. The number of rotatable bonds is 15. The van der Waals surface area contributed by atoms with Gasteiger partial charge in [-0.05, 0) is 48.7 Å². The lowest BCUT2D eigenvalue weighted by Crippen LogP contribution is -2.49. The summed E-state index contributed by atoms with van der Waals surface area (Å²) in [5, 5.41) is 17.7. The maximum absolute atomic E-state index is 13.8. The van der Waals surface area contributed by atoms with Crippen molar-refractivity contribution in [1.29, 1.82) is 0 Å². The van der Waals surface area contributed by atoms with Crippen LogP contribution in [0.5, 0.6) is 5.75 Å². The molecule has 0 bridgehead atoms. The number of nitrogens with one attached hydrogen (secondary N) is 2. The Labute approximate surface area is 335 Å². The highest BCUT2D eigenvalue weighted by molar-refractivity contribution is 8.13. The molecule has 304 valence electrons. The van der Waals surface area contributed by atoms with Crippen LogP contribution in [-0.2, 0) is 37.9 Å². The van der Waals surface area contributed by atoms with Crippen molar-refractivity contribution in [1.82, 2.24) is 14.9 Å². The number of phosphoric acid groups is 1. The number of ether oxygens (including phenoxy) is 3. The van der Waals surface area contributed by atoms with Crippen LogP contribution in [0, 0.1) is 5.41 Å². The van der Waals surface area contributed by atoms with Crippen molar-refractivity contribution in [3.8, 4) is 5.75 Å². The van der Waals surface area contributed by atoms with Gasteiger partial charge in [-0.2, -0.15) is 4.98 Å². The van der Waals surface area contributed by atoms with Gasteiger partial charge in [0.05, 0.1) is 32.3 Å². The van der Waals surface area contributed by atoms with E-state index in [2.05, 4.69) is 15.6 Å². The fourth-order valence-electron chi connectivity index (χ4n) is 6.75. The second-order valence-corrected chi connectivity index (χ2v) is 17.0. The molecule has 2 saturated heterocycles. The first kappa shape index (κ1) is 42.1. The first-order chi connectivity index (χ1) is 27.2. The van der Waals surface area contributed by atoms with Gasteiger partial charge in [0.2, 0.25) is 0 Å². The third-order valence-corrected chi connectivity index (χ3v) is 12.4. The Bertz CT molecular complexity index is 2080. The highest BCUT2D eigenvalue weighted by Crippen LogP contribution is 2.58. The van der Waals surface area contributed by atoms with Crippen molar-refractivity contribution in [3.63, 3.8) is 0 Å². The molecule has 5 atom stereocenters. The second-order valence-electron chi connectivity index (χ2n) is 14.3. The van der Waals surface area contributed by atoms with Crippen molar-refractivity contribution in [2.75, 3.05) is 44.5 Å². The summed E-state index contributed by atoms with van der Waals surface area (Å²) in [7, 11) is -2.61. The molecule has 0 aliphatic carbocycles. The highest BCUT2D eigenvalue weighted by atomic mass is 32.2. The molecule has 1 amide bonds. The maximum Gasteiger partial charge on any atom is 0.475 e. The minimum Gasteiger partial charge on any atom is -0.497 e. The third kappa shape index (κ3) is 9.12. The average Bonchev–Trinajstić information content (AvgIpc) is 3.47. The summed E-state index contributed by atoms with van der Waals surface area (Å²) in [5.74, 6) is 1.05. The molecule has 3 N–H and O–H groups in total. The molecule has 0 saturated carbocycles. The van der Waals surface area contributed by atoms with Crippen molar-refractivity contribution in [3.05, 3.63) is 124 Å². The van der Waals surface area contributed by atoms with Crippen molar-refractivity contribution in [2.24, 2.45) is 5.41 Å². The Morgan fingerprint density at radius 1 is 1.02 bits per heavy atom. The minimum atomic E-state index is -4.21. The Balaban J connectivity index is 1.17. The summed E-state index contributed by atoms with van der Waals surface area (Å²) in [4.78, 5) is 42.7. The van der Waals surface area contributed by atoms with Crippen LogP contribution in [0.4, 0.5) is 10.6 Å². The van der Waals surface area contributed by atoms with Gasteiger partial charge in [-0.25, -0.2) is 14.2 Å². The lowest BCUT2D eigenvalue weighted by Gasteiger charge is -2.37. The van der Waals surface area contributed by atoms with Crippen LogP contribution in [-0.4, -0.2) is 82.9 Å². The van der Waals surface area contributed by atoms with Gasteiger partial charge in [-0.3, -0.25) is 22.9 Å². The van der Waals surface area contributed by atoms with Crippen LogP contribution < -0.4 is 21.1 Å². The van der Waals surface area contributed by atoms with Gasteiger partial charge in [0.25, 0.3) is 0 Å². The number of alkyl carbamates (subject to hydrolysis) is 1. The number of aliphatic hydroxyl groups is 1. The highest BCUT2D eigenvalue weighted by Gasteiger charge is 2.60. The number of thioether (sulfide) groups is 1. The standard InChI is InChI=1S/C40H47N4O11PS/c1-6-51-37(47)41-26-38(2,3)35(45)57-24-23-52-56(49)53-25-31-33(55-56)39(4,48)34(54-31)44-22-21-32(42-36(44)46)43-40(27-13-9-7-10-14-27,28-15-11-8-12-16-28)29-17-19-30(50-5)20-18-29/h7-22,31,33-34,48H,6,23-26H2,1-5H3,(H,41,47)(H,42,43,46). The topological polar surface area (TPSA) is 186 Å². The van der Waals surface area contributed by atoms with Crippen LogP contribution in [0.2, 0.25) is 0 Å². The number of aromatic nitrogens is 2. The zero-order valence-corrected chi connectivity index (χ0v) is 34.0. The van der Waals surface area contributed by atoms with Gasteiger partial charge in [-0.1, -0.05) is 98.4 Å². The smallest absolute Gasteiger partial charge is 0.475 e. The molecule has 3 heterocycles. The molecule has 17 heteroatoms. The molecular weight excluding hydrogens is 775 g/mol. The third-order valence-electron chi connectivity index (χ3n) is 9.76. The minimum absolute atomic E-state index is 0.0618. The zero-order valence-electron chi connectivity index (χ0n) is 32.3. The molecule has 3 aromatic carbocycles. The second kappa shape index (κ2) is 17.5. The zero-order chi connectivity index (χ0) is 40.8. The van der Waals surface area contributed by atoms with E-state index in [1.165, 1.54) is 13.1 Å². The van der Waals surface area contributed by atoms with E-state index in [0.717, 1.165) is 33.0 Å². The number of anilines is 1. The molecule has 2 aliphatic rings. The van der Waals surface area contributed by atoms with E-state index in [0.29, 0.717) is 5.75 Å². The quantitative estimate of drug-likeness (QED) is 0.0734. The lowest BCUT2D eigenvalue weighted by molar-refractivity contribution is -0.117. The van der Waals surface area contributed by atoms with E-state index in [9.17, 15) is 24.1 Å². The normalized spacial score (nSPS) is 23.3. The van der Waals surface area contributed by atoms with E-state index in [-0.39, 0.29) is 43.1 Å². The summed E-state index contributed by atoms with van der Waals surface area (Å²) in [5.41, 5.74) is -1.88. The Morgan fingerprint density at radius 3 is 2.25 bits per heavy atom. The van der Waals surface area contributed by atoms with Crippen LogP contribution in [0.25, 0.3) is 0 Å². The summed E-state index contributed by atoms with van der Waals surface area (Å²) >= 11 is 0.938. The molecule has 6 rings (SSSR count). The van der Waals surface area contributed by atoms with E-state index in [1.54, 1.807) is 33.9 Å². The number of hydrogen-bond acceptors (Lipinski definition) is 14. The number of carbonyl (C=O) groups excluding carboxylic acids is 2. The molecule has 2 aliphatic heterocycles. The van der Waals surface area contributed by atoms with Crippen molar-refractivity contribution >= 4 is 36.6 Å². The summed E-state index contributed by atoms with van der Waals surface area (Å²) in [6, 6.07) is 28.9. The molecule has 0 spiro atoms. The van der Waals surface area contributed by atoms with Gasteiger partial charge in [0.1, 0.15) is 34.9 Å². The van der Waals surface area contributed by atoms with Gasteiger partial charge >= 0.3 is 19.6 Å². The Hall–Kier alpha value is -4.54. The first-order valence-corrected chi connectivity index (χ1v) is 20.8. The molecule has 0 radical (unpaired) electrons. The van der Waals surface area contributed by atoms with Crippen LogP contribution in [0.15, 0.2) is 102 Å². The van der Waals surface area contributed by atoms with E-state index < -0.39 is 54.6 Å². The molecule has 57 heavy (non-hydrogen) atoms. The summed E-state index contributed by atoms with van der Waals surface area (Å²) < 4.78 is 47.8. The lowest BCUT2D eigenvalue weighted by atomic mass is 9.77. The number of fused-ring (bicyclic) bond motifs is 1. The monoisotopic (exact) mass is 822 g/mol. The fourth-order valence-corrected chi connectivity index (χ4v) is 9.16. The van der Waals surface area contributed by atoms with Crippen molar-refractivity contribution in [2.45, 2.75) is 57.3 Å². The number of benzene rings is 3. The van der Waals surface area contributed by atoms with Gasteiger partial charge in [0, 0.05) is 18.5 Å². The van der Waals surface area contributed by atoms with E-state index >= 15 is 0 Å². The van der Waals surface area contributed by atoms with Crippen LogP contribution in [0.1, 0.15) is 50.6 Å². The molecule has 2 fully saturated rings. The van der Waals surface area contributed by atoms with E-state index in [1.807, 2.05) is 84.9 Å². The number of methoxy groups -OCH3 is 1. The number of nitrogens with zero attached hydrogens (tertiary/aromatic N) is 2. The SMILES string of the molecule is CCOC(=O)NCC(C)(C)C(=O)SCCOP1(=O)OCC2OC(n3ccc(NC(c4ccccc4)(c4ccccc4)c4ccc(OC)cc4)nc3=O)C(C)(O)C2O1. The number of phosphoric ester groups is 1. The fraction of sp³-hybridized carbons (Fsp3) is 0.400. The van der Waals surface area contributed by atoms with Gasteiger partial charge < -0.3 is 30.0 Å². The predicted octanol–water partition coefficient (Wildman–Crippen LogP) is 5.88. The summed E-state index contributed by atoms with van der Waals surface area (Å²) in [6.07, 6.45) is -2.54. The van der Waals surface area contributed by atoms with Crippen LogP contribution in [0.3, 0.4) is 0 Å². The van der Waals surface area contributed by atoms with Crippen molar-refractivity contribution < 1.29 is 47.0 Å². The molecule has 15 nitrogen and oxygen atoms in total. The van der Waals surface area contributed by atoms with Gasteiger partial charge in [0.15, 0.2) is 11.3 Å². The first-order valence-electron chi connectivity index (χ1n) is 18.4. The molecular formula is C40H47N4O11PS. The number of amides is 1. The largest absolute Gasteiger partial charge is 0.497 e. The summed E-state index contributed by atoms with van der Waals surface area (Å²) in [6.45, 7) is 6.29. The van der Waals surface area contributed by atoms with Crippen LogP contribution >= 0.6 is 19.6 Å². The Morgan fingerprint density at radius 2 is 1.65 bits per heavy atom. The average molecular weight is 823 g/mol. The van der Waals surface area contributed by atoms with E-state index in [4.69, 9.17) is 27.8 Å². The number of hydrogen-bond donors (Lipinski definition) is 3. The molecule has 1 aromatic heterocycles. The maximum atomic E-state index is 13.8. The van der Waals surface area contributed by atoms with Gasteiger partial charge in [-0.15, -0.1) is 0 Å². The molecule has 5 unspecified atom stereocenters.